The summed E-state index contributed by atoms with van der Waals surface area (Å²) >= 11 is 6.23. The number of carbonyl (C=O) groups is 2. The van der Waals surface area contributed by atoms with Crippen LogP contribution in [0, 0.1) is 5.92 Å². The molecule has 3 aromatic rings. The standard InChI is InChI=1S/C21H20ClN5O2/c1-13(27-12-23-11-24-27)20(28)25-14-6-8-15(9-7-14)26-21(29)18-10-17(18)16-4-2-3-5-19(16)22/h2-9,11-13,17-18H,10H2,1H3,(H,25,28)(H,26,29). The van der Waals surface area contributed by atoms with E-state index in [1.165, 1.54) is 17.3 Å². The van der Waals surface area contributed by atoms with Gasteiger partial charge in [0.1, 0.15) is 18.7 Å². The molecular weight excluding hydrogens is 390 g/mol. The third-order valence-corrected chi connectivity index (χ3v) is 5.41. The average Bonchev–Trinajstić information content (AvgIpc) is 3.33. The van der Waals surface area contributed by atoms with Gasteiger partial charge in [0.25, 0.3) is 0 Å². The van der Waals surface area contributed by atoms with Crippen LogP contribution in [0.25, 0.3) is 0 Å². The third kappa shape index (κ3) is 4.30. The number of benzene rings is 2. The lowest BCUT2D eigenvalue weighted by molar-refractivity contribution is -0.119. The molecule has 148 valence electrons. The van der Waals surface area contributed by atoms with Gasteiger partial charge in [-0.1, -0.05) is 29.8 Å². The Morgan fingerprint density at radius 1 is 1.10 bits per heavy atom. The zero-order valence-corrected chi connectivity index (χ0v) is 16.5. The molecule has 0 bridgehead atoms. The molecule has 0 saturated heterocycles. The normalized spacial score (nSPS) is 18.7. The number of rotatable bonds is 6. The molecule has 29 heavy (non-hydrogen) atoms. The summed E-state index contributed by atoms with van der Waals surface area (Å²) in [6.07, 6.45) is 3.68. The van der Waals surface area contributed by atoms with Crippen LogP contribution in [0.2, 0.25) is 5.02 Å². The van der Waals surface area contributed by atoms with E-state index in [1.807, 2.05) is 24.3 Å². The lowest BCUT2D eigenvalue weighted by Crippen LogP contribution is -2.24. The lowest BCUT2D eigenvalue weighted by atomic mass is 10.1. The predicted molar refractivity (Wildman–Crippen MR) is 111 cm³/mol. The number of anilines is 2. The van der Waals surface area contributed by atoms with Crippen molar-refractivity contribution < 1.29 is 9.59 Å². The van der Waals surface area contributed by atoms with Crippen molar-refractivity contribution in [1.82, 2.24) is 14.8 Å². The van der Waals surface area contributed by atoms with Gasteiger partial charge in [-0.3, -0.25) is 9.59 Å². The summed E-state index contributed by atoms with van der Waals surface area (Å²) in [7, 11) is 0. The zero-order valence-electron chi connectivity index (χ0n) is 15.7. The van der Waals surface area contributed by atoms with E-state index < -0.39 is 6.04 Å². The average molecular weight is 410 g/mol. The van der Waals surface area contributed by atoms with E-state index in [9.17, 15) is 9.59 Å². The Balaban J connectivity index is 1.32. The highest BCUT2D eigenvalue weighted by Crippen LogP contribution is 2.50. The molecule has 2 amide bonds. The fourth-order valence-corrected chi connectivity index (χ4v) is 3.54. The first-order valence-electron chi connectivity index (χ1n) is 9.33. The van der Waals surface area contributed by atoms with Crippen molar-refractivity contribution in [2.75, 3.05) is 10.6 Å². The molecule has 1 saturated carbocycles. The molecule has 4 rings (SSSR count). The van der Waals surface area contributed by atoms with E-state index in [-0.39, 0.29) is 23.7 Å². The molecule has 1 aliphatic carbocycles. The van der Waals surface area contributed by atoms with Gasteiger partial charge in [-0.25, -0.2) is 9.67 Å². The van der Waals surface area contributed by atoms with E-state index in [0.717, 1.165) is 12.0 Å². The highest BCUT2D eigenvalue weighted by molar-refractivity contribution is 6.31. The second-order valence-electron chi connectivity index (χ2n) is 7.08. The molecular formula is C21H20ClN5O2. The number of nitrogens with zero attached hydrogens (tertiary/aromatic N) is 3. The second kappa shape index (κ2) is 8.05. The Hall–Kier alpha value is -3.19. The van der Waals surface area contributed by atoms with Crippen molar-refractivity contribution in [3.63, 3.8) is 0 Å². The molecule has 0 spiro atoms. The molecule has 2 aromatic carbocycles. The minimum Gasteiger partial charge on any atom is -0.326 e. The monoisotopic (exact) mass is 409 g/mol. The van der Waals surface area contributed by atoms with Crippen LogP contribution in [-0.2, 0) is 9.59 Å². The summed E-state index contributed by atoms with van der Waals surface area (Å²) in [6, 6.07) is 14.2. The van der Waals surface area contributed by atoms with Crippen LogP contribution >= 0.6 is 11.6 Å². The van der Waals surface area contributed by atoms with Gasteiger partial charge < -0.3 is 10.6 Å². The summed E-state index contributed by atoms with van der Waals surface area (Å²) in [6.45, 7) is 1.74. The van der Waals surface area contributed by atoms with Crippen LogP contribution in [0.1, 0.15) is 30.9 Å². The smallest absolute Gasteiger partial charge is 0.249 e. The first kappa shape index (κ1) is 19.1. The fourth-order valence-electron chi connectivity index (χ4n) is 3.26. The maximum Gasteiger partial charge on any atom is 0.249 e. The van der Waals surface area contributed by atoms with E-state index in [4.69, 9.17) is 11.6 Å². The summed E-state index contributed by atoms with van der Waals surface area (Å²) in [5, 5.41) is 10.4. The minimum atomic E-state index is -0.478. The summed E-state index contributed by atoms with van der Waals surface area (Å²) in [5.41, 5.74) is 2.34. The molecule has 2 N–H and O–H groups in total. The van der Waals surface area contributed by atoms with Crippen LogP contribution in [-0.4, -0.2) is 26.6 Å². The molecule has 1 aliphatic rings. The van der Waals surface area contributed by atoms with Gasteiger partial charge in [0.15, 0.2) is 0 Å². The molecule has 0 radical (unpaired) electrons. The van der Waals surface area contributed by atoms with Gasteiger partial charge >= 0.3 is 0 Å². The van der Waals surface area contributed by atoms with Crippen molar-refractivity contribution in [3.8, 4) is 0 Å². The molecule has 7 nitrogen and oxygen atoms in total. The quantitative estimate of drug-likeness (QED) is 0.646. The summed E-state index contributed by atoms with van der Waals surface area (Å²) in [5.74, 6) is -0.127. The van der Waals surface area contributed by atoms with E-state index in [1.54, 1.807) is 31.2 Å². The van der Waals surface area contributed by atoms with Crippen molar-refractivity contribution in [2.24, 2.45) is 5.92 Å². The van der Waals surface area contributed by atoms with Crippen molar-refractivity contribution in [2.45, 2.75) is 25.3 Å². The molecule has 0 aliphatic heterocycles. The van der Waals surface area contributed by atoms with Gasteiger partial charge in [0, 0.05) is 22.3 Å². The van der Waals surface area contributed by atoms with E-state index >= 15 is 0 Å². The van der Waals surface area contributed by atoms with Crippen molar-refractivity contribution >= 4 is 34.8 Å². The molecule has 3 atom stereocenters. The van der Waals surface area contributed by atoms with Crippen LogP contribution in [0.4, 0.5) is 11.4 Å². The van der Waals surface area contributed by atoms with E-state index in [2.05, 4.69) is 20.7 Å². The van der Waals surface area contributed by atoms with Crippen molar-refractivity contribution in [1.29, 1.82) is 0 Å². The zero-order chi connectivity index (χ0) is 20.4. The van der Waals surface area contributed by atoms with Gasteiger partial charge in [-0.15, -0.1) is 0 Å². The van der Waals surface area contributed by atoms with Gasteiger partial charge in [-0.05, 0) is 55.2 Å². The Morgan fingerprint density at radius 3 is 2.45 bits per heavy atom. The molecule has 3 unspecified atom stereocenters. The summed E-state index contributed by atoms with van der Waals surface area (Å²) in [4.78, 5) is 28.6. The van der Waals surface area contributed by atoms with Gasteiger partial charge in [-0.2, -0.15) is 5.10 Å². The molecule has 1 heterocycles. The lowest BCUT2D eigenvalue weighted by Gasteiger charge is -2.12. The molecule has 1 fully saturated rings. The van der Waals surface area contributed by atoms with Gasteiger partial charge in [0.05, 0.1) is 0 Å². The van der Waals surface area contributed by atoms with Crippen LogP contribution < -0.4 is 10.6 Å². The number of nitrogens with one attached hydrogen (secondary N) is 2. The number of amides is 2. The second-order valence-corrected chi connectivity index (χ2v) is 7.48. The Labute approximate surface area is 173 Å². The van der Waals surface area contributed by atoms with Crippen LogP contribution in [0.5, 0.6) is 0 Å². The number of aromatic nitrogens is 3. The Kier molecular flexibility index (Phi) is 5.31. The highest BCUT2D eigenvalue weighted by Gasteiger charge is 2.44. The summed E-state index contributed by atoms with van der Waals surface area (Å²) < 4.78 is 1.48. The predicted octanol–water partition coefficient (Wildman–Crippen LogP) is 3.87. The molecule has 8 heteroatoms. The molecule has 1 aromatic heterocycles. The highest BCUT2D eigenvalue weighted by atomic mass is 35.5. The Bertz CT molecular complexity index is 1020. The minimum absolute atomic E-state index is 0.0218. The first-order chi connectivity index (χ1) is 14.0. The first-order valence-corrected chi connectivity index (χ1v) is 9.71. The van der Waals surface area contributed by atoms with E-state index in [0.29, 0.717) is 16.4 Å². The maximum absolute atomic E-state index is 12.5. The number of hydrogen-bond acceptors (Lipinski definition) is 4. The van der Waals surface area contributed by atoms with Gasteiger partial charge in [0.2, 0.25) is 11.8 Å². The van der Waals surface area contributed by atoms with Crippen LogP contribution in [0.15, 0.2) is 61.2 Å². The Morgan fingerprint density at radius 2 is 1.79 bits per heavy atom. The SMILES string of the molecule is CC(C(=O)Nc1ccc(NC(=O)C2CC2c2ccccc2Cl)cc1)n1cncn1. The largest absolute Gasteiger partial charge is 0.326 e. The number of halogens is 1. The number of carbonyl (C=O) groups excluding carboxylic acids is 2. The van der Waals surface area contributed by atoms with Crippen molar-refractivity contribution in [3.05, 3.63) is 71.8 Å². The third-order valence-electron chi connectivity index (χ3n) is 5.06. The number of hydrogen-bond donors (Lipinski definition) is 2. The maximum atomic E-state index is 12.5. The van der Waals surface area contributed by atoms with Crippen LogP contribution in [0.3, 0.4) is 0 Å². The fraction of sp³-hybridized carbons (Fsp3) is 0.238. The topological polar surface area (TPSA) is 88.9 Å².